The van der Waals surface area contributed by atoms with E-state index in [-0.39, 0.29) is 5.91 Å². The minimum atomic E-state index is -0.686. The molecule has 2 heterocycles. The third kappa shape index (κ3) is 4.93. The molecule has 0 aliphatic carbocycles. The second-order valence-corrected chi connectivity index (χ2v) is 4.66. The highest BCUT2D eigenvalue weighted by Crippen LogP contribution is 2.16. The molecule has 1 atom stereocenters. The minimum absolute atomic E-state index is 0.0556. The van der Waals surface area contributed by atoms with Gasteiger partial charge in [0.25, 0.3) is 5.91 Å². The number of amides is 1. The van der Waals surface area contributed by atoms with Crippen molar-refractivity contribution in [2.45, 2.75) is 46.3 Å². The van der Waals surface area contributed by atoms with Crippen molar-refractivity contribution in [3.05, 3.63) is 34.9 Å². The quantitative estimate of drug-likeness (QED) is 0.791. The van der Waals surface area contributed by atoms with Crippen molar-refractivity contribution in [1.82, 2.24) is 5.32 Å². The van der Waals surface area contributed by atoms with Gasteiger partial charge in [-0.3, -0.25) is 4.79 Å². The first-order chi connectivity index (χ1) is 9.66. The normalized spacial score (nSPS) is 19.8. The van der Waals surface area contributed by atoms with Crippen molar-refractivity contribution in [2.24, 2.45) is 0 Å². The van der Waals surface area contributed by atoms with Gasteiger partial charge in [-0.15, -0.1) is 0 Å². The van der Waals surface area contributed by atoms with Gasteiger partial charge in [0.15, 0.2) is 0 Å². The van der Waals surface area contributed by atoms with Gasteiger partial charge in [0, 0.05) is 18.7 Å². The zero-order valence-corrected chi connectivity index (χ0v) is 12.5. The molecule has 4 heteroatoms. The van der Waals surface area contributed by atoms with Crippen LogP contribution in [0.5, 0.6) is 0 Å². The molecule has 1 amide bonds. The molecular weight excluding hydrogens is 257 g/mol. The summed E-state index contributed by atoms with van der Waals surface area (Å²) in [6, 6.07) is 5.89. The van der Waals surface area contributed by atoms with Crippen molar-refractivity contribution in [3.63, 3.8) is 0 Å². The van der Waals surface area contributed by atoms with Crippen molar-refractivity contribution < 1.29 is 13.9 Å². The summed E-state index contributed by atoms with van der Waals surface area (Å²) in [6.45, 7) is 7.79. The Balaban J connectivity index is 0.000000193. The number of hydrogen-bond donors (Lipinski definition) is 1. The molecule has 1 aromatic carbocycles. The molecule has 0 bridgehead atoms. The predicted octanol–water partition coefficient (Wildman–Crippen LogP) is 3.40. The highest BCUT2D eigenvalue weighted by molar-refractivity contribution is 5.98. The van der Waals surface area contributed by atoms with Gasteiger partial charge in [0.1, 0.15) is 6.17 Å². The summed E-state index contributed by atoms with van der Waals surface area (Å²) in [5, 5.41) is 2.77. The number of halogens is 1. The van der Waals surface area contributed by atoms with Crippen LogP contribution in [0.3, 0.4) is 0 Å². The number of nitrogens with one attached hydrogen (secondary N) is 1. The first-order valence-corrected chi connectivity index (χ1v) is 7.26. The second-order valence-electron chi connectivity index (χ2n) is 4.66. The molecule has 1 saturated heterocycles. The molecule has 1 aromatic rings. The molecule has 0 radical (unpaired) electrons. The summed E-state index contributed by atoms with van der Waals surface area (Å²) in [5.74, 6) is 0.0556. The number of ether oxygens (including phenoxy) is 1. The lowest BCUT2D eigenvalue weighted by Gasteiger charge is -2.13. The summed E-state index contributed by atoms with van der Waals surface area (Å²) in [5.41, 5.74) is 3.16. The highest BCUT2D eigenvalue weighted by atomic mass is 19.1. The average Bonchev–Trinajstić information content (AvgIpc) is 2.83. The predicted molar refractivity (Wildman–Crippen MR) is 78.6 cm³/mol. The maximum Gasteiger partial charge on any atom is 0.251 e. The smallest absolute Gasteiger partial charge is 0.251 e. The largest absolute Gasteiger partial charge is 0.378 e. The van der Waals surface area contributed by atoms with Gasteiger partial charge < -0.3 is 10.1 Å². The summed E-state index contributed by atoms with van der Waals surface area (Å²) >= 11 is 0. The van der Waals surface area contributed by atoms with E-state index in [1.165, 1.54) is 5.56 Å². The first-order valence-electron chi connectivity index (χ1n) is 7.26. The number of rotatable bonds is 0. The molecule has 2 aliphatic rings. The van der Waals surface area contributed by atoms with Gasteiger partial charge >= 0.3 is 0 Å². The summed E-state index contributed by atoms with van der Waals surface area (Å²) < 4.78 is 16.9. The van der Waals surface area contributed by atoms with Crippen LogP contribution in [0.15, 0.2) is 18.2 Å². The van der Waals surface area contributed by atoms with E-state index in [0.717, 1.165) is 24.2 Å². The van der Waals surface area contributed by atoms with Crippen LogP contribution in [0.2, 0.25) is 0 Å². The van der Waals surface area contributed by atoms with Crippen LogP contribution in [0.4, 0.5) is 4.39 Å². The van der Waals surface area contributed by atoms with E-state index >= 15 is 0 Å². The van der Waals surface area contributed by atoms with Gasteiger partial charge in [-0.05, 0) is 31.4 Å². The van der Waals surface area contributed by atoms with Crippen molar-refractivity contribution in [1.29, 1.82) is 0 Å². The Hall–Kier alpha value is -1.42. The fourth-order valence-corrected chi connectivity index (χ4v) is 2.06. The van der Waals surface area contributed by atoms with Gasteiger partial charge in [-0.1, -0.05) is 31.5 Å². The molecule has 0 saturated carbocycles. The van der Waals surface area contributed by atoms with Gasteiger partial charge in [-0.2, -0.15) is 0 Å². The van der Waals surface area contributed by atoms with E-state index in [1.54, 1.807) is 0 Å². The van der Waals surface area contributed by atoms with Crippen LogP contribution in [0.1, 0.15) is 48.2 Å². The number of aryl methyl sites for hydroxylation is 1. The number of alkyl halides is 1. The lowest BCUT2D eigenvalue weighted by atomic mass is 10.1. The Labute approximate surface area is 120 Å². The molecule has 112 valence electrons. The van der Waals surface area contributed by atoms with Crippen LogP contribution in [-0.4, -0.2) is 25.3 Å². The van der Waals surface area contributed by atoms with E-state index < -0.39 is 6.17 Å². The standard InChI is InChI=1S/C9H9NO.C5H9FO.C2H6/c1-6-2-3-8-7(4-6)5-10-9(8)11;6-5-2-1-3-7-4-5;1-2/h2-4H,5H2,1H3,(H,10,11);5H,1-4H2;1-2H3. The molecule has 1 N–H and O–H groups in total. The summed E-state index contributed by atoms with van der Waals surface area (Å²) in [6.07, 6.45) is 0.898. The third-order valence-corrected chi connectivity index (χ3v) is 3.05. The molecule has 2 aliphatic heterocycles. The van der Waals surface area contributed by atoms with E-state index in [2.05, 4.69) is 5.32 Å². The molecular formula is C16H24FNO2. The van der Waals surface area contributed by atoms with E-state index in [4.69, 9.17) is 4.74 Å². The SMILES string of the molecule is CC.Cc1ccc2c(c1)CNC2=O.FC1CCCOC1. The van der Waals surface area contributed by atoms with Gasteiger partial charge in [-0.25, -0.2) is 4.39 Å². The zero-order valence-electron chi connectivity index (χ0n) is 12.5. The van der Waals surface area contributed by atoms with Crippen LogP contribution >= 0.6 is 0 Å². The van der Waals surface area contributed by atoms with Crippen LogP contribution in [-0.2, 0) is 11.3 Å². The Morgan fingerprint density at radius 1 is 1.35 bits per heavy atom. The van der Waals surface area contributed by atoms with E-state index in [9.17, 15) is 9.18 Å². The van der Waals surface area contributed by atoms with E-state index in [0.29, 0.717) is 19.6 Å². The maximum atomic E-state index is 12.1. The van der Waals surface area contributed by atoms with Crippen LogP contribution in [0.25, 0.3) is 0 Å². The van der Waals surface area contributed by atoms with E-state index in [1.807, 2.05) is 39.0 Å². The topological polar surface area (TPSA) is 38.3 Å². The van der Waals surface area contributed by atoms with Crippen LogP contribution < -0.4 is 5.32 Å². The highest BCUT2D eigenvalue weighted by Gasteiger charge is 2.17. The first kappa shape index (κ1) is 16.6. The molecule has 1 fully saturated rings. The van der Waals surface area contributed by atoms with Gasteiger partial charge in [0.05, 0.1) is 6.61 Å². The number of fused-ring (bicyclic) bond motifs is 1. The lowest BCUT2D eigenvalue weighted by molar-refractivity contribution is 0.0366. The summed E-state index contributed by atoms with van der Waals surface area (Å²) in [7, 11) is 0. The number of carbonyl (C=O) groups excluding carboxylic acids is 1. The number of hydrogen-bond acceptors (Lipinski definition) is 2. The van der Waals surface area contributed by atoms with Gasteiger partial charge in [0.2, 0.25) is 0 Å². The lowest BCUT2D eigenvalue weighted by Crippen LogP contribution is -2.17. The number of benzene rings is 1. The minimum Gasteiger partial charge on any atom is -0.378 e. The fourth-order valence-electron chi connectivity index (χ4n) is 2.06. The van der Waals surface area contributed by atoms with Crippen molar-refractivity contribution in [3.8, 4) is 0 Å². The Bertz CT molecular complexity index is 428. The summed E-state index contributed by atoms with van der Waals surface area (Å²) in [4.78, 5) is 11.1. The van der Waals surface area contributed by atoms with Crippen LogP contribution in [0, 0.1) is 6.92 Å². The molecule has 0 aromatic heterocycles. The fraction of sp³-hybridized carbons (Fsp3) is 0.562. The van der Waals surface area contributed by atoms with Crippen molar-refractivity contribution >= 4 is 5.91 Å². The third-order valence-electron chi connectivity index (χ3n) is 3.05. The zero-order chi connectivity index (χ0) is 15.0. The Morgan fingerprint density at radius 2 is 2.10 bits per heavy atom. The van der Waals surface area contributed by atoms with Crippen molar-refractivity contribution in [2.75, 3.05) is 13.2 Å². The Morgan fingerprint density at radius 3 is 2.65 bits per heavy atom. The second kappa shape index (κ2) is 8.69. The maximum absolute atomic E-state index is 12.1. The monoisotopic (exact) mass is 281 g/mol. The molecule has 3 nitrogen and oxygen atoms in total. The molecule has 3 rings (SSSR count). The molecule has 0 spiro atoms. The average molecular weight is 281 g/mol. The molecule has 1 unspecified atom stereocenters. The molecule has 20 heavy (non-hydrogen) atoms. The Kier molecular flexibility index (Phi) is 7.23. The number of carbonyl (C=O) groups is 1.